The average Bonchev–Trinajstić information content (AvgIpc) is 2.32. The van der Waals surface area contributed by atoms with Gasteiger partial charge in [-0.1, -0.05) is 0 Å². The third-order valence-electron chi connectivity index (χ3n) is 2.31. The lowest BCUT2D eigenvalue weighted by Gasteiger charge is -2.07. The molecule has 2 N–H and O–H groups in total. The molecule has 94 valence electrons. The Hall–Kier alpha value is -1.43. The van der Waals surface area contributed by atoms with Gasteiger partial charge < -0.3 is 10.6 Å². The number of hydrogen-bond acceptors (Lipinski definition) is 3. The zero-order valence-corrected chi connectivity index (χ0v) is 11.0. The third-order valence-corrected chi connectivity index (χ3v) is 2.66. The second-order valence-electron chi connectivity index (χ2n) is 3.75. The quantitative estimate of drug-likeness (QED) is 0.589. The van der Waals surface area contributed by atoms with Crippen LogP contribution < -0.4 is 16.2 Å². The maximum absolute atomic E-state index is 11.4. The molecule has 0 atom stereocenters. The molecule has 5 nitrogen and oxygen atoms in total. The number of hydrogen-bond donors (Lipinski definition) is 2. The van der Waals surface area contributed by atoms with E-state index in [4.69, 9.17) is 12.2 Å². The Kier molecular flexibility index (Phi) is 5.62. The molecule has 0 amide bonds. The van der Waals surface area contributed by atoms with Crippen molar-refractivity contribution in [1.82, 2.24) is 20.4 Å². The van der Waals surface area contributed by atoms with Crippen LogP contribution in [0.3, 0.4) is 0 Å². The fourth-order valence-corrected chi connectivity index (χ4v) is 1.49. The van der Waals surface area contributed by atoms with E-state index in [1.54, 1.807) is 19.2 Å². The molecule has 0 saturated carbocycles. The van der Waals surface area contributed by atoms with E-state index in [-0.39, 0.29) is 5.56 Å². The Morgan fingerprint density at radius 1 is 1.47 bits per heavy atom. The first-order valence-corrected chi connectivity index (χ1v) is 6.04. The molecular weight excluding hydrogens is 236 g/mol. The Bertz CT molecular complexity index is 430. The highest BCUT2D eigenvalue weighted by Crippen LogP contribution is 1.92. The number of unbranched alkanes of at least 4 members (excludes halogenated alkanes) is 1. The van der Waals surface area contributed by atoms with Crippen LogP contribution in [0.1, 0.15) is 18.5 Å². The van der Waals surface area contributed by atoms with Gasteiger partial charge in [-0.3, -0.25) is 4.79 Å². The molecule has 0 radical (unpaired) electrons. The van der Waals surface area contributed by atoms with Crippen LogP contribution in [-0.2, 0) is 6.54 Å². The summed E-state index contributed by atoms with van der Waals surface area (Å²) in [7, 11) is 1.78. The van der Waals surface area contributed by atoms with Crippen LogP contribution in [0.4, 0.5) is 0 Å². The molecule has 0 aliphatic rings. The molecule has 1 aromatic rings. The Morgan fingerprint density at radius 3 is 2.94 bits per heavy atom. The van der Waals surface area contributed by atoms with Crippen molar-refractivity contribution in [3.63, 3.8) is 0 Å². The van der Waals surface area contributed by atoms with Gasteiger partial charge in [0.2, 0.25) is 0 Å². The van der Waals surface area contributed by atoms with Crippen molar-refractivity contribution in [2.24, 2.45) is 0 Å². The molecule has 1 rings (SSSR count). The molecule has 17 heavy (non-hydrogen) atoms. The first-order chi connectivity index (χ1) is 8.13. The summed E-state index contributed by atoms with van der Waals surface area (Å²) in [5.74, 6) is 0. The molecule has 1 aromatic heterocycles. The van der Waals surface area contributed by atoms with Gasteiger partial charge in [-0.05, 0) is 38.0 Å². The van der Waals surface area contributed by atoms with Gasteiger partial charge in [0.1, 0.15) is 0 Å². The molecule has 0 unspecified atom stereocenters. The van der Waals surface area contributed by atoms with Crippen LogP contribution in [0.15, 0.2) is 16.9 Å². The summed E-state index contributed by atoms with van der Waals surface area (Å²) in [6.45, 7) is 3.33. The summed E-state index contributed by atoms with van der Waals surface area (Å²) < 4.78 is 1.51. The Balaban J connectivity index is 2.29. The Labute approximate surface area is 106 Å². The molecule has 0 aliphatic heterocycles. The number of thiocarbonyl (C=S) groups is 1. The van der Waals surface area contributed by atoms with E-state index >= 15 is 0 Å². The number of aryl methyl sites for hydroxylation is 2. The van der Waals surface area contributed by atoms with Crippen LogP contribution in [0.5, 0.6) is 0 Å². The third kappa shape index (κ3) is 4.95. The van der Waals surface area contributed by atoms with E-state index in [1.165, 1.54) is 4.68 Å². The minimum absolute atomic E-state index is 0.0469. The second kappa shape index (κ2) is 7.01. The lowest BCUT2D eigenvalue weighted by atomic mass is 10.3. The molecule has 0 fully saturated rings. The van der Waals surface area contributed by atoms with E-state index in [1.807, 2.05) is 6.92 Å². The number of aromatic nitrogens is 2. The summed E-state index contributed by atoms with van der Waals surface area (Å²) in [5.41, 5.74) is 0.813. The van der Waals surface area contributed by atoms with Crippen LogP contribution in [0.25, 0.3) is 0 Å². The first kappa shape index (κ1) is 13.6. The van der Waals surface area contributed by atoms with Gasteiger partial charge in [-0.25, -0.2) is 4.68 Å². The van der Waals surface area contributed by atoms with Crippen molar-refractivity contribution < 1.29 is 0 Å². The van der Waals surface area contributed by atoms with Gasteiger partial charge >= 0.3 is 0 Å². The van der Waals surface area contributed by atoms with Crippen molar-refractivity contribution in [2.75, 3.05) is 13.6 Å². The van der Waals surface area contributed by atoms with E-state index in [0.717, 1.165) is 25.1 Å². The zero-order chi connectivity index (χ0) is 12.7. The van der Waals surface area contributed by atoms with E-state index in [0.29, 0.717) is 11.7 Å². The fraction of sp³-hybridized carbons (Fsp3) is 0.545. The smallest absolute Gasteiger partial charge is 0.266 e. The molecule has 0 bridgehead atoms. The number of nitrogens with one attached hydrogen (secondary N) is 2. The highest BCUT2D eigenvalue weighted by Gasteiger charge is 1.98. The van der Waals surface area contributed by atoms with Crippen molar-refractivity contribution in [3.8, 4) is 0 Å². The summed E-state index contributed by atoms with van der Waals surface area (Å²) >= 11 is 4.95. The van der Waals surface area contributed by atoms with E-state index in [2.05, 4.69) is 15.7 Å². The second-order valence-corrected chi connectivity index (χ2v) is 4.16. The van der Waals surface area contributed by atoms with Crippen LogP contribution in [0, 0.1) is 6.92 Å². The predicted octanol–water partition coefficient (Wildman–Crippen LogP) is 0.426. The highest BCUT2D eigenvalue weighted by molar-refractivity contribution is 7.80. The van der Waals surface area contributed by atoms with Gasteiger partial charge in [0.15, 0.2) is 5.11 Å². The molecule has 0 aliphatic carbocycles. The largest absolute Gasteiger partial charge is 0.366 e. The maximum atomic E-state index is 11.4. The maximum Gasteiger partial charge on any atom is 0.266 e. The SMILES string of the molecule is CNC(=S)NCCCCn1nc(C)ccc1=O. The van der Waals surface area contributed by atoms with Crippen LogP contribution in [0.2, 0.25) is 0 Å². The standard InChI is InChI=1S/C11H18N4OS/c1-9-5-6-10(16)15(14-9)8-4-3-7-13-11(17)12-2/h5-6H,3-4,7-8H2,1-2H3,(H2,12,13,17). The summed E-state index contributed by atoms with van der Waals surface area (Å²) in [5, 5.41) is 10.7. The van der Waals surface area contributed by atoms with Crippen molar-refractivity contribution in [3.05, 3.63) is 28.2 Å². The molecule has 0 saturated heterocycles. The lowest BCUT2D eigenvalue weighted by Crippen LogP contribution is -2.33. The summed E-state index contributed by atoms with van der Waals surface area (Å²) in [6.07, 6.45) is 1.85. The van der Waals surface area contributed by atoms with Crippen molar-refractivity contribution in [1.29, 1.82) is 0 Å². The minimum atomic E-state index is -0.0469. The van der Waals surface area contributed by atoms with Gasteiger partial charge in [0.05, 0.1) is 5.69 Å². The molecule has 0 spiro atoms. The lowest BCUT2D eigenvalue weighted by molar-refractivity contribution is 0.524. The van der Waals surface area contributed by atoms with Gasteiger partial charge in [-0.2, -0.15) is 5.10 Å². The monoisotopic (exact) mass is 254 g/mol. The van der Waals surface area contributed by atoms with E-state index < -0.39 is 0 Å². The number of rotatable bonds is 5. The van der Waals surface area contributed by atoms with E-state index in [9.17, 15) is 4.79 Å². The Morgan fingerprint density at radius 2 is 2.24 bits per heavy atom. The molecule has 6 heteroatoms. The topological polar surface area (TPSA) is 58.9 Å². The van der Waals surface area contributed by atoms with Gasteiger partial charge in [-0.15, -0.1) is 0 Å². The van der Waals surface area contributed by atoms with Gasteiger partial charge in [0, 0.05) is 26.2 Å². The highest BCUT2D eigenvalue weighted by atomic mass is 32.1. The first-order valence-electron chi connectivity index (χ1n) is 5.64. The average molecular weight is 254 g/mol. The van der Waals surface area contributed by atoms with Crippen LogP contribution in [-0.4, -0.2) is 28.5 Å². The van der Waals surface area contributed by atoms with Crippen molar-refractivity contribution >= 4 is 17.3 Å². The molecule has 1 heterocycles. The summed E-state index contributed by atoms with van der Waals surface area (Å²) in [4.78, 5) is 11.4. The molecular formula is C11H18N4OS. The van der Waals surface area contributed by atoms with Gasteiger partial charge in [0.25, 0.3) is 5.56 Å². The fourth-order valence-electron chi connectivity index (χ4n) is 1.39. The zero-order valence-electron chi connectivity index (χ0n) is 10.2. The minimum Gasteiger partial charge on any atom is -0.366 e. The molecule has 0 aromatic carbocycles. The predicted molar refractivity (Wildman–Crippen MR) is 72.1 cm³/mol. The summed E-state index contributed by atoms with van der Waals surface area (Å²) in [6, 6.07) is 3.28. The van der Waals surface area contributed by atoms with Crippen molar-refractivity contribution in [2.45, 2.75) is 26.3 Å². The number of nitrogens with zero attached hydrogens (tertiary/aromatic N) is 2. The normalized spacial score (nSPS) is 10.0. The van der Waals surface area contributed by atoms with Crippen LogP contribution >= 0.6 is 12.2 Å².